The van der Waals surface area contributed by atoms with Crippen LogP contribution in [0.25, 0.3) is 0 Å². The first kappa shape index (κ1) is 11.9. The van der Waals surface area contributed by atoms with Crippen LogP contribution in [0, 0.1) is 0 Å². The van der Waals surface area contributed by atoms with Crippen molar-refractivity contribution in [3.05, 3.63) is 29.3 Å². The predicted molar refractivity (Wildman–Crippen MR) is 63.9 cm³/mol. The number of amides is 1. The van der Waals surface area contributed by atoms with Gasteiger partial charge in [-0.25, -0.2) is 0 Å². The van der Waals surface area contributed by atoms with Crippen molar-refractivity contribution in [3.8, 4) is 5.75 Å². The summed E-state index contributed by atoms with van der Waals surface area (Å²) in [6.45, 7) is 2.49. The third kappa shape index (κ3) is 2.42. The van der Waals surface area contributed by atoms with Gasteiger partial charge in [-0.2, -0.15) is 0 Å². The van der Waals surface area contributed by atoms with E-state index in [0.29, 0.717) is 30.0 Å². The first-order valence-corrected chi connectivity index (χ1v) is 5.76. The summed E-state index contributed by atoms with van der Waals surface area (Å²) >= 11 is 5.73. The van der Waals surface area contributed by atoms with E-state index in [-0.39, 0.29) is 11.7 Å². The van der Waals surface area contributed by atoms with E-state index in [1.807, 2.05) is 0 Å². The van der Waals surface area contributed by atoms with Crippen LogP contribution in [0.1, 0.15) is 27.6 Å². The zero-order chi connectivity index (χ0) is 12.4. The fraction of sp³-hybridized carbons (Fsp3) is 0.333. The van der Waals surface area contributed by atoms with Gasteiger partial charge < -0.3 is 10.1 Å². The van der Waals surface area contributed by atoms with E-state index in [2.05, 4.69) is 5.32 Å². The molecule has 17 heavy (non-hydrogen) atoms. The monoisotopic (exact) mass is 253 g/mol. The molecule has 0 fully saturated rings. The summed E-state index contributed by atoms with van der Waals surface area (Å²) in [5.41, 5.74) is 0.803. The minimum Gasteiger partial charge on any atom is -0.491 e. The van der Waals surface area contributed by atoms with E-state index in [1.54, 1.807) is 19.1 Å². The largest absolute Gasteiger partial charge is 0.491 e. The molecule has 1 heterocycles. The van der Waals surface area contributed by atoms with Gasteiger partial charge in [-0.15, -0.1) is 11.6 Å². The van der Waals surface area contributed by atoms with E-state index in [0.717, 1.165) is 0 Å². The lowest BCUT2D eigenvalue weighted by Gasteiger charge is -2.08. The molecule has 1 aliphatic heterocycles. The van der Waals surface area contributed by atoms with E-state index >= 15 is 0 Å². The van der Waals surface area contributed by atoms with E-state index < -0.39 is 5.38 Å². The van der Waals surface area contributed by atoms with Crippen LogP contribution in [0.15, 0.2) is 18.2 Å². The van der Waals surface area contributed by atoms with Gasteiger partial charge in [0.15, 0.2) is 5.78 Å². The van der Waals surface area contributed by atoms with E-state index in [4.69, 9.17) is 16.3 Å². The average molecular weight is 254 g/mol. The van der Waals surface area contributed by atoms with Crippen molar-refractivity contribution < 1.29 is 14.3 Å². The van der Waals surface area contributed by atoms with E-state index in [9.17, 15) is 9.59 Å². The number of carbonyl (C=O) groups is 2. The molecule has 0 saturated carbocycles. The summed E-state index contributed by atoms with van der Waals surface area (Å²) in [6.07, 6.45) is 0. The Balaban J connectivity index is 2.41. The molecule has 90 valence electrons. The van der Waals surface area contributed by atoms with Crippen molar-refractivity contribution in [1.82, 2.24) is 5.32 Å². The molecule has 0 bridgehead atoms. The average Bonchev–Trinajstić information content (AvgIpc) is 2.50. The highest BCUT2D eigenvalue weighted by Crippen LogP contribution is 2.22. The first-order chi connectivity index (χ1) is 8.09. The van der Waals surface area contributed by atoms with Crippen molar-refractivity contribution >= 4 is 23.3 Å². The van der Waals surface area contributed by atoms with Crippen LogP contribution in [0.2, 0.25) is 0 Å². The number of fused-ring (bicyclic) bond motifs is 1. The fourth-order valence-electron chi connectivity index (χ4n) is 1.64. The van der Waals surface area contributed by atoms with Crippen molar-refractivity contribution in [2.75, 3.05) is 13.2 Å². The van der Waals surface area contributed by atoms with Gasteiger partial charge in [-0.3, -0.25) is 9.59 Å². The number of rotatable bonds is 2. The molecule has 0 saturated heterocycles. The van der Waals surface area contributed by atoms with Crippen molar-refractivity contribution in [1.29, 1.82) is 0 Å². The number of hydrogen-bond donors (Lipinski definition) is 1. The van der Waals surface area contributed by atoms with Crippen LogP contribution in [-0.4, -0.2) is 30.2 Å². The molecular weight excluding hydrogens is 242 g/mol. The molecule has 1 unspecified atom stereocenters. The second kappa shape index (κ2) is 4.75. The van der Waals surface area contributed by atoms with Crippen LogP contribution < -0.4 is 10.1 Å². The highest BCUT2D eigenvalue weighted by atomic mass is 35.5. The van der Waals surface area contributed by atoms with Crippen LogP contribution >= 0.6 is 11.6 Å². The zero-order valence-corrected chi connectivity index (χ0v) is 10.1. The maximum absolute atomic E-state index is 11.7. The number of nitrogens with one attached hydrogen (secondary N) is 1. The summed E-state index contributed by atoms with van der Waals surface area (Å²) in [7, 11) is 0. The Labute approximate surface area is 104 Å². The van der Waals surface area contributed by atoms with Crippen LogP contribution in [0.4, 0.5) is 0 Å². The maximum Gasteiger partial charge on any atom is 0.255 e. The molecule has 1 amide bonds. The van der Waals surface area contributed by atoms with Gasteiger partial charge in [0.2, 0.25) is 0 Å². The molecule has 0 spiro atoms. The van der Waals surface area contributed by atoms with Crippen LogP contribution in [-0.2, 0) is 0 Å². The predicted octanol–water partition coefficient (Wildman–Crippen LogP) is 1.62. The Morgan fingerprint density at radius 3 is 3.00 bits per heavy atom. The van der Waals surface area contributed by atoms with E-state index in [1.165, 1.54) is 6.07 Å². The quantitative estimate of drug-likeness (QED) is 0.644. The van der Waals surface area contributed by atoms with Crippen molar-refractivity contribution in [2.45, 2.75) is 12.3 Å². The number of ether oxygens (including phenoxy) is 1. The normalized spacial score (nSPS) is 16.2. The maximum atomic E-state index is 11.7. The summed E-state index contributed by atoms with van der Waals surface area (Å²) in [4.78, 5) is 23.4. The summed E-state index contributed by atoms with van der Waals surface area (Å²) in [5, 5.41) is 2.08. The topological polar surface area (TPSA) is 55.4 Å². The zero-order valence-electron chi connectivity index (χ0n) is 9.33. The standard InChI is InChI=1S/C12H12ClNO3/c1-7(13)11(15)8-2-3-10-9(6-8)12(16)14-4-5-17-10/h2-3,6-7H,4-5H2,1H3,(H,14,16). The third-order valence-corrected chi connectivity index (χ3v) is 2.71. The number of carbonyl (C=O) groups excluding carboxylic acids is 2. The number of halogens is 1. The molecule has 0 aromatic heterocycles. The summed E-state index contributed by atoms with van der Waals surface area (Å²) in [6, 6.07) is 4.78. The van der Waals surface area contributed by atoms with Gasteiger partial charge in [0.25, 0.3) is 5.91 Å². The number of Topliss-reactive ketones (excluding diaryl/α,β-unsaturated/α-hetero) is 1. The number of ketones is 1. The third-order valence-electron chi connectivity index (χ3n) is 2.52. The highest BCUT2D eigenvalue weighted by Gasteiger charge is 2.20. The van der Waals surface area contributed by atoms with Crippen LogP contribution in [0.5, 0.6) is 5.75 Å². The molecule has 1 aliphatic rings. The SMILES string of the molecule is CC(Cl)C(=O)c1ccc2c(c1)C(=O)NCCO2. The lowest BCUT2D eigenvalue weighted by molar-refractivity contribution is 0.0957. The summed E-state index contributed by atoms with van der Waals surface area (Å²) < 4.78 is 5.39. The smallest absolute Gasteiger partial charge is 0.255 e. The molecular formula is C12H12ClNO3. The molecule has 4 nitrogen and oxygen atoms in total. The number of alkyl halides is 1. The lowest BCUT2D eigenvalue weighted by atomic mass is 10.0. The summed E-state index contributed by atoms with van der Waals surface area (Å²) in [5.74, 6) is 0.0691. The van der Waals surface area contributed by atoms with Crippen molar-refractivity contribution in [2.24, 2.45) is 0 Å². The Bertz CT molecular complexity index is 471. The van der Waals surface area contributed by atoms with Gasteiger partial charge in [0.05, 0.1) is 17.5 Å². The van der Waals surface area contributed by atoms with Gasteiger partial charge in [-0.05, 0) is 25.1 Å². The number of benzene rings is 1. The Hall–Kier alpha value is -1.55. The van der Waals surface area contributed by atoms with Crippen LogP contribution in [0.3, 0.4) is 0 Å². The first-order valence-electron chi connectivity index (χ1n) is 5.33. The molecule has 1 N–H and O–H groups in total. The molecule has 5 heteroatoms. The minimum atomic E-state index is -0.609. The Kier molecular flexibility index (Phi) is 3.33. The molecule has 0 aliphatic carbocycles. The number of hydrogen-bond acceptors (Lipinski definition) is 3. The van der Waals surface area contributed by atoms with Crippen molar-refractivity contribution in [3.63, 3.8) is 0 Å². The Morgan fingerprint density at radius 1 is 1.53 bits per heavy atom. The van der Waals surface area contributed by atoms with Gasteiger partial charge in [0, 0.05) is 5.56 Å². The molecule has 1 aromatic rings. The van der Waals surface area contributed by atoms with Gasteiger partial charge in [-0.1, -0.05) is 0 Å². The molecule has 1 aromatic carbocycles. The highest BCUT2D eigenvalue weighted by molar-refractivity contribution is 6.33. The fourth-order valence-corrected chi connectivity index (χ4v) is 1.76. The Morgan fingerprint density at radius 2 is 2.29 bits per heavy atom. The van der Waals surface area contributed by atoms with Gasteiger partial charge >= 0.3 is 0 Å². The second-order valence-corrected chi connectivity index (χ2v) is 4.45. The second-order valence-electron chi connectivity index (χ2n) is 3.80. The molecule has 1 atom stereocenters. The lowest BCUT2D eigenvalue weighted by Crippen LogP contribution is -2.24. The van der Waals surface area contributed by atoms with Gasteiger partial charge in [0.1, 0.15) is 12.4 Å². The molecule has 2 rings (SSSR count). The molecule has 0 radical (unpaired) electrons. The minimum absolute atomic E-state index is 0.202.